The van der Waals surface area contributed by atoms with Crippen LogP contribution in [0.15, 0.2) is 0 Å². The zero-order chi connectivity index (χ0) is 36.8. The van der Waals surface area contributed by atoms with Crippen LogP contribution < -0.4 is 0 Å². The van der Waals surface area contributed by atoms with Crippen molar-refractivity contribution in [3.8, 4) is 0 Å². The first-order valence-corrected chi connectivity index (χ1v) is 10.4. The van der Waals surface area contributed by atoms with Crippen LogP contribution in [0, 0.1) is 46.5 Å². The second-order valence-electron chi connectivity index (χ2n) is 9.17. The van der Waals surface area contributed by atoms with Gasteiger partial charge in [-0.1, -0.05) is 0 Å². The molecule has 0 saturated heterocycles. The molecular weight excluding hydrogens is 734 g/mol. The van der Waals surface area contributed by atoms with Crippen molar-refractivity contribution in [2.24, 2.45) is 0 Å². The number of hydrogen-bond donors (Lipinski definition) is 0. The molecule has 26 heteroatoms. The minimum Gasteiger partial charge on any atom is -0.226 e. The Morgan fingerprint density at radius 3 is 0.457 bits per heavy atom. The van der Waals surface area contributed by atoms with E-state index in [-0.39, 0.29) is 0 Å². The normalized spacial score (nSPS) is 30.7. The zero-order valence-electron chi connectivity index (χ0n) is 19.8. The lowest BCUT2D eigenvalue weighted by molar-refractivity contribution is -0.560. The lowest BCUT2D eigenvalue weighted by atomic mass is 9.54. The highest BCUT2D eigenvalue weighted by molar-refractivity contribution is 5.85. The number of halogens is 26. The Morgan fingerprint density at radius 2 is 0.326 bits per heavy atom. The van der Waals surface area contributed by atoms with E-state index in [4.69, 9.17) is 0 Å². The summed E-state index contributed by atoms with van der Waals surface area (Å²) in [5.74, 6) is -86.0. The number of fused-ring (bicyclic) bond motifs is 2. The first-order valence-electron chi connectivity index (χ1n) is 10.4. The van der Waals surface area contributed by atoms with E-state index < -0.39 is 116 Å². The third-order valence-corrected chi connectivity index (χ3v) is 6.86. The number of benzene rings is 2. The molecule has 2 saturated carbocycles. The monoisotopic (exact) mass is 734 g/mol. The van der Waals surface area contributed by atoms with Crippen LogP contribution in [-0.2, 0) is 0 Å². The van der Waals surface area contributed by atoms with Gasteiger partial charge >= 0.3 is 47.4 Å². The van der Waals surface area contributed by atoms with Gasteiger partial charge in [0.15, 0.2) is 46.5 Å². The molecule has 0 aromatic heterocycles. The summed E-state index contributed by atoms with van der Waals surface area (Å²) in [5.41, 5.74) is -17.3. The molecule has 4 rings (SSSR count). The van der Waals surface area contributed by atoms with E-state index in [1.54, 1.807) is 0 Å². The van der Waals surface area contributed by atoms with Gasteiger partial charge in [-0.2, -0.15) is 70.2 Å². The van der Waals surface area contributed by atoms with Crippen LogP contribution in [0.4, 0.5) is 114 Å². The van der Waals surface area contributed by atoms with Crippen LogP contribution in [0.3, 0.4) is 0 Å². The van der Waals surface area contributed by atoms with Crippen LogP contribution in [-0.4, -0.2) is 58.7 Å². The molecule has 262 valence electrons. The van der Waals surface area contributed by atoms with Gasteiger partial charge in [-0.15, -0.1) is 0 Å². The van der Waals surface area contributed by atoms with Crippen LogP contribution in [0.2, 0.25) is 0 Å². The van der Waals surface area contributed by atoms with E-state index in [2.05, 4.69) is 0 Å². The van der Waals surface area contributed by atoms with Crippen LogP contribution in [0.25, 0.3) is 10.8 Å². The van der Waals surface area contributed by atoms with Gasteiger partial charge in [0.05, 0.1) is 10.8 Å². The van der Waals surface area contributed by atoms with E-state index in [1.165, 1.54) is 0 Å². The number of rotatable bonds is 0. The summed E-state index contributed by atoms with van der Waals surface area (Å²) in [6.45, 7) is 0. The fraction of sp³-hybridized carbons (Fsp3) is 0.500. The second kappa shape index (κ2) is 9.27. The number of hydrogen-bond acceptors (Lipinski definition) is 0. The van der Waals surface area contributed by atoms with Crippen molar-refractivity contribution >= 4 is 10.8 Å². The maximum absolute atomic E-state index is 14.2. The summed E-state index contributed by atoms with van der Waals surface area (Å²) < 4.78 is 344. The first-order chi connectivity index (χ1) is 20.0. The van der Waals surface area contributed by atoms with Gasteiger partial charge in [0, 0.05) is 0 Å². The molecule has 0 amide bonds. The summed E-state index contributed by atoms with van der Waals surface area (Å²) in [7, 11) is 0. The smallest absolute Gasteiger partial charge is 0.226 e. The van der Waals surface area contributed by atoms with E-state index in [1.807, 2.05) is 0 Å². The van der Waals surface area contributed by atoms with Gasteiger partial charge < -0.3 is 0 Å². The molecule has 0 nitrogen and oxygen atoms in total. The van der Waals surface area contributed by atoms with Crippen molar-refractivity contribution in [1.29, 1.82) is 0 Å². The summed E-state index contributed by atoms with van der Waals surface area (Å²) in [5, 5.41) is -3.66. The highest BCUT2D eigenvalue weighted by Crippen LogP contribution is 2.81. The lowest BCUT2D eigenvalue weighted by Gasteiger charge is -2.63. The second-order valence-corrected chi connectivity index (χ2v) is 9.17. The molecule has 0 heterocycles. The van der Waals surface area contributed by atoms with Crippen molar-refractivity contribution < 1.29 is 114 Å². The quantitative estimate of drug-likeness (QED) is 0.144. The largest absolute Gasteiger partial charge is 0.382 e. The maximum atomic E-state index is 14.2. The Kier molecular flexibility index (Phi) is 7.53. The molecule has 0 unspecified atom stereocenters. The Hall–Kier alpha value is -3.12. The summed E-state index contributed by atoms with van der Waals surface area (Å²) in [6, 6.07) is 0. The number of alkyl halides is 18. The maximum Gasteiger partial charge on any atom is 0.382 e. The van der Waals surface area contributed by atoms with Gasteiger partial charge in [0.2, 0.25) is 0 Å². The summed E-state index contributed by atoms with van der Waals surface area (Å²) in [6.07, 6.45) is 0. The van der Waals surface area contributed by atoms with E-state index in [0.29, 0.717) is 0 Å². The first kappa shape index (κ1) is 37.3. The van der Waals surface area contributed by atoms with Gasteiger partial charge in [-0.25, -0.2) is 43.9 Å². The predicted molar refractivity (Wildman–Crippen MR) is 90.9 cm³/mol. The van der Waals surface area contributed by atoms with Crippen LogP contribution in [0.5, 0.6) is 0 Å². The molecule has 2 aliphatic rings. The Labute approximate surface area is 231 Å². The van der Waals surface area contributed by atoms with Crippen LogP contribution >= 0.6 is 0 Å². The Balaban J connectivity index is 0.000000275. The molecule has 0 aliphatic heterocycles. The average Bonchev–Trinajstić information content (AvgIpc) is 2.92. The minimum atomic E-state index is -8.64. The average molecular weight is 734 g/mol. The highest BCUT2D eigenvalue weighted by Gasteiger charge is 3.15. The van der Waals surface area contributed by atoms with E-state index >= 15 is 0 Å². The SMILES string of the molecule is FC1(F)C(F)(F)C(F)(F)C2(F)C(F)(F)C(F)(F)C(F)(F)C(F)(F)C2(F)C1(F)F.Fc1c(F)c(F)c2c(F)c(F)c(F)c(F)c2c1F. The summed E-state index contributed by atoms with van der Waals surface area (Å²) in [4.78, 5) is 0. The summed E-state index contributed by atoms with van der Waals surface area (Å²) >= 11 is 0. The fourth-order valence-corrected chi connectivity index (χ4v) is 4.37. The molecule has 0 atom stereocenters. The molecule has 2 fully saturated rings. The van der Waals surface area contributed by atoms with E-state index in [9.17, 15) is 114 Å². The topological polar surface area (TPSA) is 0 Å². The molecular formula is C20F26. The molecule has 2 aromatic carbocycles. The fourth-order valence-electron chi connectivity index (χ4n) is 4.37. The molecule has 0 radical (unpaired) electrons. The van der Waals surface area contributed by atoms with Crippen LogP contribution in [0.1, 0.15) is 0 Å². The van der Waals surface area contributed by atoms with Gasteiger partial charge in [0.1, 0.15) is 0 Å². The van der Waals surface area contributed by atoms with Crippen molar-refractivity contribution in [3.63, 3.8) is 0 Å². The van der Waals surface area contributed by atoms with Crippen molar-refractivity contribution in [3.05, 3.63) is 46.5 Å². The molecule has 0 N–H and O–H groups in total. The molecule has 0 bridgehead atoms. The van der Waals surface area contributed by atoms with Crippen molar-refractivity contribution in [1.82, 2.24) is 0 Å². The highest BCUT2D eigenvalue weighted by atomic mass is 19.4. The van der Waals surface area contributed by atoms with Crippen molar-refractivity contribution in [2.75, 3.05) is 0 Å². The minimum absolute atomic E-state index is 1.83. The standard InChI is InChI=1S/C10F18.C10F8/c11-1-2(12,5(17,18)9(25,26)7(21,22)3(1,13)14)6(19,20)10(27,28)8(23,24)4(1,15)16;11-3-1-2(5(13)9(17)7(3)15)6(14)10(18)8(16)4(1)12. The zero-order valence-corrected chi connectivity index (χ0v) is 19.8. The van der Waals surface area contributed by atoms with Gasteiger partial charge in [-0.3, -0.25) is 0 Å². The van der Waals surface area contributed by atoms with Gasteiger partial charge in [0.25, 0.3) is 11.3 Å². The molecule has 2 aliphatic carbocycles. The molecule has 46 heavy (non-hydrogen) atoms. The van der Waals surface area contributed by atoms with Crippen molar-refractivity contribution in [2.45, 2.75) is 58.7 Å². The third kappa shape index (κ3) is 3.32. The van der Waals surface area contributed by atoms with Gasteiger partial charge in [-0.05, 0) is 0 Å². The lowest BCUT2D eigenvalue weighted by Crippen LogP contribution is -2.98. The Morgan fingerprint density at radius 1 is 0.196 bits per heavy atom. The third-order valence-electron chi connectivity index (χ3n) is 6.86. The molecule has 0 spiro atoms. The van der Waals surface area contributed by atoms with E-state index in [0.717, 1.165) is 0 Å². The molecule has 2 aromatic rings. The predicted octanol–water partition coefficient (Wildman–Crippen LogP) is 9.47. The Bertz CT molecular complexity index is 1390.